The third kappa shape index (κ3) is 7.06. The van der Waals surface area contributed by atoms with E-state index in [0.29, 0.717) is 6.54 Å². The first kappa shape index (κ1) is 23.3. The lowest BCUT2D eigenvalue weighted by atomic mass is 10.1. The zero-order valence-corrected chi connectivity index (χ0v) is 19.3. The summed E-state index contributed by atoms with van der Waals surface area (Å²) < 4.78 is 0. The summed E-state index contributed by atoms with van der Waals surface area (Å²) >= 11 is 6.06. The van der Waals surface area contributed by atoms with Gasteiger partial charge < -0.3 is 10.6 Å². The number of benzene rings is 2. The third-order valence-electron chi connectivity index (χ3n) is 5.51. The van der Waals surface area contributed by atoms with Crippen LogP contribution >= 0.6 is 11.6 Å². The van der Waals surface area contributed by atoms with E-state index in [1.165, 1.54) is 5.56 Å². The summed E-state index contributed by atoms with van der Waals surface area (Å²) in [6.07, 6.45) is 0. The van der Waals surface area contributed by atoms with Crippen LogP contribution in [0.1, 0.15) is 22.3 Å². The number of hydrogen-bond acceptors (Lipinski definition) is 4. The number of piperazine rings is 1. The van der Waals surface area contributed by atoms with E-state index < -0.39 is 0 Å². The maximum absolute atomic E-state index is 12.3. The minimum absolute atomic E-state index is 0.0275. The predicted octanol–water partition coefficient (Wildman–Crippen LogP) is 3.14. The van der Waals surface area contributed by atoms with E-state index in [4.69, 9.17) is 11.6 Å². The van der Waals surface area contributed by atoms with Gasteiger partial charge >= 0.3 is 0 Å². The molecule has 1 heterocycles. The summed E-state index contributed by atoms with van der Waals surface area (Å²) in [4.78, 5) is 29.1. The van der Waals surface area contributed by atoms with Gasteiger partial charge in [-0.1, -0.05) is 41.4 Å². The van der Waals surface area contributed by atoms with Gasteiger partial charge in [-0.2, -0.15) is 0 Å². The molecule has 0 saturated carbocycles. The molecule has 2 aromatic rings. The third-order valence-corrected chi connectivity index (χ3v) is 5.75. The molecule has 2 N–H and O–H groups in total. The number of amides is 2. The quantitative estimate of drug-likeness (QED) is 0.691. The summed E-state index contributed by atoms with van der Waals surface area (Å²) in [5.41, 5.74) is 5.22. The SMILES string of the molecule is Cc1cc(C)c(NC(=O)CNC(=O)CN2CCN(Cc3cccc(Cl)c3)CC2)c(C)c1. The minimum Gasteiger partial charge on any atom is -0.346 e. The van der Waals surface area contributed by atoms with Gasteiger partial charge in [-0.3, -0.25) is 19.4 Å². The lowest BCUT2D eigenvalue weighted by molar-refractivity contribution is -0.125. The number of aryl methyl sites for hydroxylation is 3. The van der Waals surface area contributed by atoms with Gasteiger partial charge in [-0.05, 0) is 49.6 Å². The molecule has 31 heavy (non-hydrogen) atoms. The Morgan fingerprint density at radius 3 is 2.23 bits per heavy atom. The topological polar surface area (TPSA) is 64.7 Å². The molecule has 3 rings (SSSR count). The fourth-order valence-corrected chi connectivity index (χ4v) is 4.21. The standard InChI is InChI=1S/C24H31ClN4O2/c1-17-11-18(2)24(19(3)12-17)27-22(30)14-26-23(31)16-29-9-7-28(8-10-29)15-20-5-4-6-21(25)13-20/h4-6,11-13H,7-10,14-16H2,1-3H3,(H,26,31)(H,27,30). The zero-order chi connectivity index (χ0) is 22.4. The molecule has 0 bridgehead atoms. The lowest BCUT2D eigenvalue weighted by Gasteiger charge is -2.34. The largest absolute Gasteiger partial charge is 0.346 e. The maximum atomic E-state index is 12.3. The van der Waals surface area contributed by atoms with Crippen molar-refractivity contribution in [1.29, 1.82) is 0 Å². The summed E-state index contributed by atoms with van der Waals surface area (Å²) in [7, 11) is 0. The number of carbonyl (C=O) groups is 2. The summed E-state index contributed by atoms with van der Waals surface area (Å²) in [5, 5.41) is 6.41. The Bertz CT molecular complexity index is 916. The fraction of sp³-hybridized carbons (Fsp3) is 0.417. The van der Waals surface area contributed by atoms with Crippen LogP contribution in [0.15, 0.2) is 36.4 Å². The van der Waals surface area contributed by atoms with E-state index in [1.54, 1.807) is 0 Å². The lowest BCUT2D eigenvalue weighted by Crippen LogP contribution is -2.49. The highest BCUT2D eigenvalue weighted by molar-refractivity contribution is 6.30. The van der Waals surface area contributed by atoms with E-state index in [0.717, 1.165) is 60.1 Å². The molecule has 1 aliphatic rings. The highest BCUT2D eigenvalue weighted by Crippen LogP contribution is 2.21. The van der Waals surface area contributed by atoms with Gasteiger partial charge in [0.25, 0.3) is 0 Å². The van der Waals surface area contributed by atoms with Crippen molar-refractivity contribution in [2.24, 2.45) is 0 Å². The van der Waals surface area contributed by atoms with Crippen LogP contribution in [-0.4, -0.2) is 60.9 Å². The monoisotopic (exact) mass is 442 g/mol. The average Bonchev–Trinajstić information content (AvgIpc) is 2.71. The Balaban J connectivity index is 1.38. The van der Waals surface area contributed by atoms with Gasteiger partial charge in [0.2, 0.25) is 11.8 Å². The van der Waals surface area contributed by atoms with Crippen molar-refractivity contribution in [3.8, 4) is 0 Å². The number of halogens is 1. The number of nitrogens with one attached hydrogen (secondary N) is 2. The molecule has 2 amide bonds. The van der Waals surface area contributed by atoms with Crippen LogP contribution in [0.25, 0.3) is 0 Å². The Labute approximate surface area is 189 Å². The Morgan fingerprint density at radius 1 is 0.935 bits per heavy atom. The normalized spacial score (nSPS) is 15.0. The molecule has 0 atom stereocenters. The van der Waals surface area contributed by atoms with Crippen LogP contribution in [-0.2, 0) is 16.1 Å². The molecule has 166 valence electrons. The van der Waals surface area contributed by atoms with Crippen molar-refractivity contribution in [3.63, 3.8) is 0 Å². The smallest absolute Gasteiger partial charge is 0.243 e. The molecule has 1 saturated heterocycles. The van der Waals surface area contributed by atoms with Gasteiger partial charge in [0.1, 0.15) is 0 Å². The van der Waals surface area contributed by atoms with Gasteiger partial charge in [0, 0.05) is 43.4 Å². The molecule has 7 heteroatoms. The molecule has 2 aromatic carbocycles. The second-order valence-corrected chi connectivity index (χ2v) is 8.72. The molecule has 0 aromatic heterocycles. The van der Waals surface area contributed by atoms with Crippen molar-refractivity contribution in [2.75, 3.05) is 44.6 Å². The molecule has 1 fully saturated rings. The zero-order valence-electron chi connectivity index (χ0n) is 18.5. The summed E-state index contributed by atoms with van der Waals surface area (Å²) in [5.74, 6) is -0.342. The highest BCUT2D eigenvalue weighted by Gasteiger charge is 2.19. The van der Waals surface area contributed by atoms with Crippen LogP contribution in [0.4, 0.5) is 5.69 Å². The Morgan fingerprint density at radius 2 is 1.58 bits per heavy atom. The molecule has 0 spiro atoms. The molecular weight excluding hydrogens is 412 g/mol. The second-order valence-electron chi connectivity index (χ2n) is 8.28. The number of nitrogens with zero attached hydrogens (tertiary/aromatic N) is 2. The molecule has 0 aliphatic carbocycles. The van der Waals surface area contributed by atoms with Crippen LogP contribution < -0.4 is 10.6 Å². The van der Waals surface area contributed by atoms with E-state index in [2.05, 4.69) is 26.5 Å². The molecule has 6 nitrogen and oxygen atoms in total. The van der Waals surface area contributed by atoms with E-state index in [9.17, 15) is 9.59 Å². The van der Waals surface area contributed by atoms with Gasteiger partial charge in [0.15, 0.2) is 0 Å². The molecule has 0 radical (unpaired) electrons. The first-order valence-electron chi connectivity index (χ1n) is 10.6. The van der Waals surface area contributed by atoms with Crippen LogP contribution in [0, 0.1) is 20.8 Å². The number of carbonyl (C=O) groups excluding carboxylic acids is 2. The average molecular weight is 443 g/mol. The van der Waals surface area contributed by atoms with E-state index >= 15 is 0 Å². The van der Waals surface area contributed by atoms with Gasteiger partial charge in [-0.15, -0.1) is 0 Å². The minimum atomic E-state index is -0.213. The summed E-state index contributed by atoms with van der Waals surface area (Å²) in [6, 6.07) is 12.0. The number of anilines is 1. The highest BCUT2D eigenvalue weighted by atomic mass is 35.5. The van der Waals surface area contributed by atoms with Crippen molar-refractivity contribution in [3.05, 3.63) is 63.7 Å². The Hall–Kier alpha value is -2.41. The van der Waals surface area contributed by atoms with Crippen molar-refractivity contribution < 1.29 is 9.59 Å². The number of rotatable bonds is 7. The van der Waals surface area contributed by atoms with Crippen LogP contribution in [0.5, 0.6) is 0 Å². The fourth-order valence-electron chi connectivity index (χ4n) is 4.00. The first-order chi connectivity index (χ1) is 14.8. The molecule has 1 aliphatic heterocycles. The van der Waals surface area contributed by atoms with Crippen molar-refractivity contribution >= 4 is 29.1 Å². The van der Waals surface area contributed by atoms with Crippen LogP contribution in [0.2, 0.25) is 5.02 Å². The van der Waals surface area contributed by atoms with Crippen molar-refractivity contribution in [1.82, 2.24) is 15.1 Å². The summed E-state index contributed by atoms with van der Waals surface area (Å²) in [6.45, 7) is 10.5. The predicted molar refractivity (Wildman–Crippen MR) is 125 cm³/mol. The molecular formula is C24H31ClN4O2. The van der Waals surface area contributed by atoms with E-state index in [-0.39, 0.29) is 18.4 Å². The number of hydrogen-bond donors (Lipinski definition) is 2. The van der Waals surface area contributed by atoms with Gasteiger partial charge in [0.05, 0.1) is 13.1 Å². The molecule has 0 unspecified atom stereocenters. The Kier molecular flexibility index (Phi) is 8.07. The van der Waals surface area contributed by atoms with Crippen molar-refractivity contribution in [2.45, 2.75) is 27.3 Å². The maximum Gasteiger partial charge on any atom is 0.243 e. The van der Waals surface area contributed by atoms with Crippen LogP contribution in [0.3, 0.4) is 0 Å². The van der Waals surface area contributed by atoms with E-state index in [1.807, 2.05) is 51.1 Å². The first-order valence-corrected chi connectivity index (χ1v) is 11.0. The van der Waals surface area contributed by atoms with Gasteiger partial charge in [-0.25, -0.2) is 0 Å². The second kappa shape index (κ2) is 10.8.